The van der Waals surface area contributed by atoms with Crippen molar-refractivity contribution in [2.24, 2.45) is 4.99 Å². The van der Waals surface area contributed by atoms with Crippen LogP contribution in [-0.4, -0.2) is 18.4 Å². The zero-order valence-corrected chi connectivity index (χ0v) is 7.74. The van der Waals surface area contributed by atoms with E-state index < -0.39 is 0 Å². The van der Waals surface area contributed by atoms with Gasteiger partial charge in [-0.1, -0.05) is 31.7 Å². The molecule has 3 heteroatoms. The summed E-state index contributed by atoms with van der Waals surface area (Å²) in [7, 11) is 1.68. The molecule has 0 aliphatic heterocycles. The maximum Gasteiger partial charge on any atom is 0.184 e. The van der Waals surface area contributed by atoms with Gasteiger partial charge in [-0.3, -0.25) is 4.99 Å². The number of hydrogen-bond donors (Lipinski definition) is 0. The Kier molecular flexibility index (Phi) is 5.61. The lowest BCUT2D eigenvalue weighted by Gasteiger charge is -1.82. The van der Waals surface area contributed by atoms with Gasteiger partial charge in [0.15, 0.2) is 5.76 Å². The smallest absolute Gasteiger partial charge is 0.184 e. The molecule has 0 amide bonds. The second kappa shape index (κ2) is 6.34. The molecule has 66 valence electrons. The monoisotopic (exact) mass is 166 g/mol. The third kappa shape index (κ3) is 2.70. The maximum atomic E-state index is 4.83. The van der Waals surface area contributed by atoms with Crippen LogP contribution in [0.1, 0.15) is 25.2 Å². The van der Waals surface area contributed by atoms with Crippen molar-refractivity contribution < 1.29 is 4.52 Å². The van der Waals surface area contributed by atoms with Gasteiger partial charge in [0.05, 0.1) is 12.4 Å². The van der Waals surface area contributed by atoms with Crippen molar-refractivity contribution in [2.45, 2.75) is 13.8 Å². The minimum Gasteiger partial charge on any atom is -0.355 e. The number of rotatable bonds is 2. The van der Waals surface area contributed by atoms with Crippen LogP contribution in [0.4, 0.5) is 0 Å². The quantitative estimate of drug-likeness (QED) is 0.633. The molecule has 0 aliphatic rings. The van der Waals surface area contributed by atoms with E-state index in [2.05, 4.69) is 16.7 Å². The summed E-state index contributed by atoms with van der Waals surface area (Å²) >= 11 is 0. The largest absolute Gasteiger partial charge is 0.355 e. The Labute approximate surface area is 72.8 Å². The SMILES string of the molecule is C=Cc1cnoc1C=NC.CC. The minimum atomic E-state index is 0.650. The number of hydrogen-bond acceptors (Lipinski definition) is 3. The second-order valence-electron chi connectivity index (χ2n) is 1.74. The Morgan fingerprint density at radius 3 is 2.75 bits per heavy atom. The summed E-state index contributed by atoms with van der Waals surface area (Å²) in [6.45, 7) is 7.58. The zero-order valence-electron chi connectivity index (χ0n) is 7.74. The van der Waals surface area contributed by atoms with E-state index in [1.54, 1.807) is 25.5 Å². The third-order valence-corrected chi connectivity index (χ3v) is 1.09. The molecule has 0 aromatic carbocycles. The standard InChI is InChI=1S/C7H8N2O.C2H6/c1-3-6-4-9-10-7(6)5-8-2;1-2/h3-5H,1H2,2H3;1-2H3. The molecule has 0 atom stereocenters. The Morgan fingerprint density at radius 1 is 1.58 bits per heavy atom. The lowest BCUT2D eigenvalue weighted by molar-refractivity contribution is 0.415. The fourth-order valence-corrected chi connectivity index (χ4v) is 0.625. The highest BCUT2D eigenvalue weighted by Crippen LogP contribution is 2.05. The molecule has 1 aromatic heterocycles. The molecule has 0 unspecified atom stereocenters. The topological polar surface area (TPSA) is 38.4 Å². The van der Waals surface area contributed by atoms with Crippen molar-refractivity contribution in [1.82, 2.24) is 5.16 Å². The molecule has 0 radical (unpaired) electrons. The van der Waals surface area contributed by atoms with Gasteiger partial charge >= 0.3 is 0 Å². The van der Waals surface area contributed by atoms with Crippen LogP contribution >= 0.6 is 0 Å². The highest BCUT2D eigenvalue weighted by Gasteiger charge is 1.98. The van der Waals surface area contributed by atoms with E-state index in [0.717, 1.165) is 5.56 Å². The van der Waals surface area contributed by atoms with Gasteiger partial charge in [-0.15, -0.1) is 0 Å². The highest BCUT2D eigenvalue weighted by atomic mass is 16.5. The molecule has 1 heterocycles. The fourth-order valence-electron chi connectivity index (χ4n) is 0.625. The van der Waals surface area contributed by atoms with Gasteiger partial charge in [-0.25, -0.2) is 0 Å². The lowest BCUT2D eigenvalue weighted by Crippen LogP contribution is -1.77. The Morgan fingerprint density at radius 2 is 2.25 bits per heavy atom. The van der Waals surface area contributed by atoms with E-state index >= 15 is 0 Å². The Hall–Kier alpha value is -1.38. The van der Waals surface area contributed by atoms with Gasteiger partial charge in [0.25, 0.3) is 0 Å². The van der Waals surface area contributed by atoms with E-state index in [-0.39, 0.29) is 0 Å². The first-order valence-electron chi connectivity index (χ1n) is 3.87. The van der Waals surface area contributed by atoms with Crippen molar-refractivity contribution in [3.8, 4) is 0 Å². The number of nitrogens with zero attached hydrogens (tertiary/aromatic N) is 2. The van der Waals surface area contributed by atoms with E-state index in [9.17, 15) is 0 Å². The molecular formula is C9H14N2O. The van der Waals surface area contributed by atoms with Crippen LogP contribution < -0.4 is 0 Å². The molecule has 0 N–H and O–H groups in total. The molecule has 1 rings (SSSR count). The predicted molar refractivity (Wildman–Crippen MR) is 51.5 cm³/mol. The molecule has 0 bridgehead atoms. The molecule has 0 fully saturated rings. The normalized spacial score (nSPS) is 9.25. The van der Waals surface area contributed by atoms with Crippen LogP contribution in [0.5, 0.6) is 0 Å². The van der Waals surface area contributed by atoms with Gasteiger partial charge in [-0.05, 0) is 0 Å². The fraction of sp³-hybridized carbons (Fsp3) is 0.333. The maximum absolute atomic E-state index is 4.83. The summed E-state index contributed by atoms with van der Waals surface area (Å²) < 4.78 is 4.83. The van der Waals surface area contributed by atoms with Gasteiger partial charge in [0.2, 0.25) is 0 Å². The summed E-state index contributed by atoms with van der Waals surface area (Å²) in [6, 6.07) is 0. The molecule has 0 spiro atoms. The molecule has 0 saturated heterocycles. The van der Waals surface area contributed by atoms with Crippen molar-refractivity contribution in [1.29, 1.82) is 0 Å². The molecule has 12 heavy (non-hydrogen) atoms. The van der Waals surface area contributed by atoms with Crippen LogP contribution in [0.25, 0.3) is 6.08 Å². The van der Waals surface area contributed by atoms with Crippen LogP contribution in [-0.2, 0) is 0 Å². The van der Waals surface area contributed by atoms with Crippen LogP contribution in [0, 0.1) is 0 Å². The van der Waals surface area contributed by atoms with E-state index in [1.807, 2.05) is 13.8 Å². The second-order valence-corrected chi connectivity index (χ2v) is 1.74. The van der Waals surface area contributed by atoms with Gasteiger partial charge in [0, 0.05) is 12.6 Å². The third-order valence-electron chi connectivity index (χ3n) is 1.09. The Bertz CT molecular complexity index is 251. The summed E-state index contributed by atoms with van der Waals surface area (Å²) in [5.41, 5.74) is 0.866. The first-order chi connectivity index (χ1) is 5.88. The van der Waals surface area contributed by atoms with Crippen LogP contribution in [0.2, 0.25) is 0 Å². The van der Waals surface area contributed by atoms with Crippen molar-refractivity contribution >= 4 is 12.3 Å². The van der Waals surface area contributed by atoms with Crippen molar-refractivity contribution in [3.05, 3.63) is 24.1 Å². The van der Waals surface area contributed by atoms with Crippen LogP contribution in [0.15, 0.2) is 22.3 Å². The molecule has 3 nitrogen and oxygen atoms in total. The van der Waals surface area contributed by atoms with Gasteiger partial charge in [-0.2, -0.15) is 0 Å². The van der Waals surface area contributed by atoms with Gasteiger partial charge in [0.1, 0.15) is 0 Å². The first-order valence-corrected chi connectivity index (χ1v) is 3.87. The van der Waals surface area contributed by atoms with Crippen molar-refractivity contribution in [2.75, 3.05) is 7.05 Å². The first kappa shape index (κ1) is 10.6. The number of aliphatic imine (C=N–C) groups is 1. The summed E-state index contributed by atoms with van der Waals surface area (Å²) in [5, 5.41) is 3.57. The highest BCUT2D eigenvalue weighted by molar-refractivity contribution is 5.81. The Balaban J connectivity index is 0.000000561. The molecule has 0 aliphatic carbocycles. The average Bonchev–Trinajstić information content (AvgIpc) is 2.56. The van der Waals surface area contributed by atoms with E-state index in [4.69, 9.17) is 4.52 Å². The van der Waals surface area contributed by atoms with E-state index in [1.165, 1.54) is 0 Å². The lowest BCUT2D eigenvalue weighted by atomic mass is 10.3. The van der Waals surface area contributed by atoms with E-state index in [0.29, 0.717) is 5.76 Å². The predicted octanol–water partition coefficient (Wildman–Crippen LogP) is 2.39. The molecular weight excluding hydrogens is 152 g/mol. The number of aromatic nitrogens is 1. The summed E-state index contributed by atoms with van der Waals surface area (Å²) in [5.74, 6) is 0.650. The van der Waals surface area contributed by atoms with Crippen LogP contribution in [0.3, 0.4) is 0 Å². The van der Waals surface area contributed by atoms with Crippen molar-refractivity contribution in [3.63, 3.8) is 0 Å². The van der Waals surface area contributed by atoms with Gasteiger partial charge < -0.3 is 4.52 Å². The zero-order chi connectivity index (χ0) is 9.40. The molecule has 0 saturated carbocycles. The summed E-state index contributed by atoms with van der Waals surface area (Å²) in [4.78, 5) is 3.78. The summed E-state index contributed by atoms with van der Waals surface area (Å²) in [6.07, 6.45) is 4.88. The average molecular weight is 166 g/mol. The minimum absolute atomic E-state index is 0.650. The molecule has 1 aromatic rings.